The van der Waals surface area contributed by atoms with E-state index in [1.54, 1.807) is 4.90 Å². The zero-order valence-corrected chi connectivity index (χ0v) is 11.3. The van der Waals surface area contributed by atoms with Crippen molar-refractivity contribution in [1.29, 1.82) is 0 Å². The van der Waals surface area contributed by atoms with Gasteiger partial charge in [-0.25, -0.2) is 0 Å². The van der Waals surface area contributed by atoms with Crippen molar-refractivity contribution in [2.24, 2.45) is 0 Å². The van der Waals surface area contributed by atoms with Gasteiger partial charge in [0.1, 0.15) is 0 Å². The van der Waals surface area contributed by atoms with Gasteiger partial charge >= 0.3 is 6.18 Å². The minimum absolute atomic E-state index is 0.115. The second-order valence-corrected chi connectivity index (χ2v) is 5.72. The molecule has 5 heteroatoms. The molecule has 0 atom stereocenters. The highest BCUT2D eigenvalue weighted by molar-refractivity contribution is 5.56. The van der Waals surface area contributed by atoms with Crippen LogP contribution in [0, 0.1) is 0 Å². The Bertz CT molecular complexity index is 480. The van der Waals surface area contributed by atoms with Crippen molar-refractivity contribution in [2.45, 2.75) is 44.4 Å². The second-order valence-electron chi connectivity index (χ2n) is 5.72. The van der Waals surface area contributed by atoms with E-state index in [2.05, 4.69) is 5.32 Å². The van der Waals surface area contributed by atoms with Gasteiger partial charge in [-0.1, -0.05) is 12.1 Å². The molecule has 0 bridgehead atoms. The van der Waals surface area contributed by atoms with Crippen LogP contribution in [0.15, 0.2) is 18.2 Å². The van der Waals surface area contributed by atoms with Crippen LogP contribution in [0.4, 0.5) is 18.9 Å². The SMILES string of the molecule is FC(F)(F)CN(Cc1cccc2c1CCCN2)C1CC1. The monoisotopic (exact) mass is 284 g/mol. The Labute approximate surface area is 117 Å². The van der Waals surface area contributed by atoms with Crippen LogP contribution in [0.1, 0.15) is 30.4 Å². The number of rotatable bonds is 4. The third kappa shape index (κ3) is 3.26. The topological polar surface area (TPSA) is 15.3 Å². The fourth-order valence-electron chi connectivity index (χ4n) is 2.93. The average molecular weight is 284 g/mol. The molecule has 1 aliphatic heterocycles. The average Bonchev–Trinajstić information content (AvgIpc) is 3.21. The van der Waals surface area contributed by atoms with E-state index in [4.69, 9.17) is 0 Å². The maximum absolute atomic E-state index is 12.7. The van der Waals surface area contributed by atoms with E-state index in [0.29, 0.717) is 6.54 Å². The first-order valence-electron chi connectivity index (χ1n) is 7.18. The van der Waals surface area contributed by atoms with E-state index in [1.165, 1.54) is 5.56 Å². The number of nitrogens with zero attached hydrogens (tertiary/aromatic N) is 1. The van der Waals surface area contributed by atoms with Gasteiger partial charge in [-0.2, -0.15) is 13.2 Å². The predicted molar refractivity (Wildman–Crippen MR) is 72.7 cm³/mol. The summed E-state index contributed by atoms with van der Waals surface area (Å²) >= 11 is 0. The molecule has 3 rings (SSSR count). The van der Waals surface area contributed by atoms with E-state index >= 15 is 0 Å². The number of hydrogen-bond acceptors (Lipinski definition) is 2. The summed E-state index contributed by atoms with van der Waals surface area (Å²) in [6, 6.07) is 6.04. The lowest BCUT2D eigenvalue weighted by Crippen LogP contribution is -2.35. The normalized spacial score (nSPS) is 18.8. The van der Waals surface area contributed by atoms with Crippen molar-refractivity contribution >= 4 is 5.69 Å². The summed E-state index contributed by atoms with van der Waals surface area (Å²) < 4.78 is 38.0. The molecule has 2 aliphatic rings. The highest BCUT2D eigenvalue weighted by atomic mass is 19.4. The largest absolute Gasteiger partial charge is 0.401 e. The molecule has 0 radical (unpaired) electrons. The van der Waals surface area contributed by atoms with E-state index in [1.807, 2.05) is 18.2 Å². The van der Waals surface area contributed by atoms with Crippen LogP contribution < -0.4 is 5.32 Å². The molecule has 20 heavy (non-hydrogen) atoms. The molecule has 1 heterocycles. The van der Waals surface area contributed by atoms with Gasteiger partial charge in [-0.3, -0.25) is 4.90 Å². The Hall–Kier alpha value is -1.23. The molecule has 0 spiro atoms. The summed E-state index contributed by atoms with van der Waals surface area (Å²) in [6.07, 6.45) is -0.321. The summed E-state index contributed by atoms with van der Waals surface area (Å²) in [6.45, 7) is 0.565. The fraction of sp³-hybridized carbons (Fsp3) is 0.600. The van der Waals surface area contributed by atoms with Gasteiger partial charge in [-0.05, 0) is 42.9 Å². The number of alkyl halides is 3. The quantitative estimate of drug-likeness (QED) is 0.909. The first-order valence-corrected chi connectivity index (χ1v) is 7.18. The van der Waals surface area contributed by atoms with Gasteiger partial charge in [0.25, 0.3) is 0 Å². The molecule has 1 saturated carbocycles. The smallest absolute Gasteiger partial charge is 0.385 e. The molecular formula is C15H19F3N2. The number of fused-ring (bicyclic) bond motifs is 1. The zero-order valence-electron chi connectivity index (χ0n) is 11.3. The summed E-state index contributed by atoms with van der Waals surface area (Å²) in [5, 5.41) is 3.33. The predicted octanol–water partition coefficient (Wildman–Crippen LogP) is 3.57. The molecule has 110 valence electrons. The number of anilines is 1. The standard InChI is InChI=1S/C15H19F3N2/c16-15(17,18)10-20(12-6-7-12)9-11-3-1-5-14-13(11)4-2-8-19-14/h1,3,5,12,19H,2,4,6-10H2. The van der Waals surface area contributed by atoms with Crippen molar-refractivity contribution in [1.82, 2.24) is 4.90 Å². The summed E-state index contributed by atoms with van der Waals surface area (Å²) in [5.74, 6) is 0. The Morgan fingerprint density at radius 2 is 2.05 bits per heavy atom. The molecule has 2 nitrogen and oxygen atoms in total. The third-order valence-electron chi connectivity index (χ3n) is 4.01. The molecule has 1 N–H and O–H groups in total. The fourth-order valence-corrected chi connectivity index (χ4v) is 2.93. The van der Waals surface area contributed by atoms with E-state index < -0.39 is 12.7 Å². The van der Waals surface area contributed by atoms with E-state index in [9.17, 15) is 13.2 Å². The summed E-state index contributed by atoms with van der Waals surface area (Å²) in [4.78, 5) is 1.59. The van der Waals surface area contributed by atoms with Crippen molar-refractivity contribution in [2.75, 3.05) is 18.4 Å². The van der Waals surface area contributed by atoms with Gasteiger partial charge in [0.2, 0.25) is 0 Å². The zero-order chi connectivity index (χ0) is 14.2. The van der Waals surface area contributed by atoms with Gasteiger partial charge in [-0.15, -0.1) is 0 Å². The van der Waals surface area contributed by atoms with Gasteiger partial charge in [0.15, 0.2) is 0 Å². The molecule has 1 fully saturated rings. The van der Waals surface area contributed by atoms with Crippen LogP contribution in [0.5, 0.6) is 0 Å². The van der Waals surface area contributed by atoms with Crippen LogP contribution in [0.25, 0.3) is 0 Å². The highest BCUT2D eigenvalue weighted by Crippen LogP contribution is 2.33. The maximum Gasteiger partial charge on any atom is 0.401 e. The van der Waals surface area contributed by atoms with Crippen molar-refractivity contribution in [3.63, 3.8) is 0 Å². The molecule has 0 aromatic heterocycles. The minimum atomic E-state index is -4.12. The second kappa shape index (κ2) is 5.28. The lowest BCUT2D eigenvalue weighted by Gasteiger charge is -2.27. The molecule has 0 amide bonds. The number of nitrogens with one attached hydrogen (secondary N) is 1. The number of hydrogen-bond donors (Lipinski definition) is 1. The first kappa shape index (κ1) is 13.7. The van der Waals surface area contributed by atoms with Crippen molar-refractivity contribution in [3.05, 3.63) is 29.3 Å². The van der Waals surface area contributed by atoms with Crippen LogP contribution in [0.2, 0.25) is 0 Å². The Morgan fingerprint density at radius 1 is 1.25 bits per heavy atom. The Kier molecular flexibility index (Phi) is 3.63. The molecule has 0 unspecified atom stereocenters. The van der Waals surface area contributed by atoms with Crippen LogP contribution in [0.3, 0.4) is 0 Å². The minimum Gasteiger partial charge on any atom is -0.385 e. The molecule has 1 aromatic carbocycles. The first-order chi connectivity index (χ1) is 9.53. The molecule has 0 saturated heterocycles. The summed E-state index contributed by atoms with van der Waals surface area (Å²) in [7, 11) is 0. The highest BCUT2D eigenvalue weighted by Gasteiger charge is 2.38. The lowest BCUT2D eigenvalue weighted by atomic mass is 9.97. The summed E-state index contributed by atoms with van der Waals surface area (Å²) in [5.41, 5.74) is 3.34. The van der Waals surface area contributed by atoms with Crippen LogP contribution in [-0.2, 0) is 13.0 Å². The van der Waals surface area contributed by atoms with Gasteiger partial charge in [0.05, 0.1) is 6.54 Å². The number of halogens is 3. The van der Waals surface area contributed by atoms with Crippen molar-refractivity contribution < 1.29 is 13.2 Å². The van der Waals surface area contributed by atoms with Gasteiger partial charge in [0, 0.05) is 24.8 Å². The molecule has 1 aliphatic carbocycles. The Balaban J connectivity index is 1.78. The van der Waals surface area contributed by atoms with E-state index in [-0.39, 0.29) is 6.04 Å². The molecule has 1 aromatic rings. The lowest BCUT2D eigenvalue weighted by molar-refractivity contribution is -0.148. The third-order valence-corrected chi connectivity index (χ3v) is 4.01. The van der Waals surface area contributed by atoms with Crippen LogP contribution >= 0.6 is 0 Å². The Morgan fingerprint density at radius 3 is 2.75 bits per heavy atom. The van der Waals surface area contributed by atoms with Gasteiger partial charge < -0.3 is 5.32 Å². The maximum atomic E-state index is 12.7. The van der Waals surface area contributed by atoms with E-state index in [0.717, 1.165) is 43.5 Å². The van der Waals surface area contributed by atoms with Crippen molar-refractivity contribution in [3.8, 4) is 0 Å². The number of benzene rings is 1. The van der Waals surface area contributed by atoms with Crippen LogP contribution in [-0.4, -0.2) is 30.2 Å². The molecular weight excluding hydrogens is 265 g/mol.